The average molecular weight is 375 g/mol. The highest BCUT2D eigenvalue weighted by Crippen LogP contribution is 2.60. The first kappa shape index (κ1) is 19.8. The van der Waals surface area contributed by atoms with Gasteiger partial charge in [-0.2, -0.15) is 0 Å². The predicted octanol–water partition coefficient (Wildman–Crippen LogP) is 6.62. The highest BCUT2D eigenvalue weighted by atomic mass is 16.5. The zero-order chi connectivity index (χ0) is 18.8. The maximum atomic E-state index is 11.2. The van der Waals surface area contributed by atoms with Crippen molar-refractivity contribution in [1.29, 1.82) is 0 Å². The first-order valence-electron chi connectivity index (χ1n) is 12.2. The number of ether oxygens (including phenoxy) is 1. The number of carbonyl (C=O) groups is 1. The average Bonchev–Trinajstić information content (AvgIpc) is 3.47. The van der Waals surface area contributed by atoms with Gasteiger partial charge in [0.2, 0.25) is 0 Å². The molecular weight excluding hydrogens is 332 g/mol. The normalized spacial score (nSPS) is 41.3. The summed E-state index contributed by atoms with van der Waals surface area (Å²) in [6.07, 6.45) is 19.5. The van der Waals surface area contributed by atoms with Crippen molar-refractivity contribution in [2.24, 2.45) is 47.3 Å². The standard InChI is InChI=1S/C25H42O2/c1-3-4-5-7-17-10-19(17)12-21-14-23(21)16-24-15-22(24)13-20-11-18(20)8-6-9-25(26)27-2/h17-24H,3-16H2,1-2H3. The monoisotopic (exact) mass is 374 g/mol. The van der Waals surface area contributed by atoms with Crippen molar-refractivity contribution >= 4 is 5.97 Å². The van der Waals surface area contributed by atoms with E-state index in [0.29, 0.717) is 6.42 Å². The Hall–Kier alpha value is -0.530. The van der Waals surface area contributed by atoms with Gasteiger partial charge in [-0.05, 0) is 105 Å². The van der Waals surface area contributed by atoms with Crippen LogP contribution in [0.1, 0.15) is 96.8 Å². The molecule has 154 valence electrons. The Morgan fingerprint density at radius 3 is 1.63 bits per heavy atom. The number of rotatable bonds is 14. The Morgan fingerprint density at radius 1 is 0.704 bits per heavy atom. The molecule has 0 heterocycles. The van der Waals surface area contributed by atoms with Gasteiger partial charge in [-0.25, -0.2) is 0 Å². The van der Waals surface area contributed by atoms with E-state index < -0.39 is 0 Å². The van der Waals surface area contributed by atoms with Gasteiger partial charge in [0.15, 0.2) is 0 Å². The zero-order valence-corrected chi connectivity index (χ0v) is 17.8. The fraction of sp³-hybridized carbons (Fsp3) is 0.960. The van der Waals surface area contributed by atoms with Crippen molar-refractivity contribution in [2.45, 2.75) is 96.8 Å². The summed E-state index contributed by atoms with van der Waals surface area (Å²) in [5.74, 6) is 8.56. The van der Waals surface area contributed by atoms with Crippen LogP contribution in [0.15, 0.2) is 0 Å². The summed E-state index contributed by atoms with van der Waals surface area (Å²) >= 11 is 0. The van der Waals surface area contributed by atoms with Crippen LogP contribution in [0.2, 0.25) is 0 Å². The Morgan fingerprint density at radius 2 is 1.15 bits per heavy atom. The van der Waals surface area contributed by atoms with Gasteiger partial charge in [0, 0.05) is 6.42 Å². The van der Waals surface area contributed by atoms with E-state index in [-0.39, 0.29) is 5.97 Å². The minimum absolute atomic E-state index is 0.0353. The van der Waals surface area contributed by atoms with E-state index in [1.807, 2.05) is 0 Å². The van der Waals surface area contributed by atoms with Gasteiger partial charge in [0.05, 0.1) is 7.11 Å². The molecule has 0 aromatic carbocycles. The molecule has 4 saturated carbocycles. The third kappa shape index (κ3) is 5.97. The van der Waals surface area contributed by atoms with Gasteiger partial charge in [0.25, 0.3) is 0 Å². The van der Waals surface area contributed by atoms with Crippen molar-refractivity contribution in [3.05, 3.63) is 0 Å². The van der Waals surface area contributed by atoms with Gasteiger partial charge in [-0.3, -0.25) is 4.79 Å². The molecule has 0 radical (unpaired) electrons. The Balaban J connectivity index is 1.00. The summed E-state index contributed by atoms with van der Waals surface area (Å²) in [5, 5.41) is 0. The number of hydrogen-bond donors (Lipinski definition) is 0. The lowest BCUT2D eigenvalue weighted by atomic mass is 10.0. The third-order valence-electron chi connectivity index (χ3n) is 8.45. The van der Waals surface area contributed by atoms with E-state index in [9.17, 15) is 4.79 Å². The van der Waals surface area contributed by atoms with Gasteiger partial charge >= 0.3 is 5.97 Å². The molecule has 2 nitrogen and oxygen atoms in total. The fourth-order valence-corrected chi connectivity index (χ4v) is 6.11. The fourth-order valence-electron chi connectivity index (χ4n) is 6.11. The number of methoxy groups -OCH3 is 1. The summed E-state index contributed by atoms with van der Waals surface area (Å²) in [6.45, 7) is 2.32. The second-order valence-electron chi connectivity index (χ2n) is 10.7. The summed E-state index contributed by atoms with van der Waals surface area (Å²) in [7, 11) is 1.50. The molecule has 8 unspecified atom stereocenters. The van der Waals surface area contributed by atoms with Gasteiger partial charge in [0.1, 0.15) is 0 Å². The molecule has 27 heavy (non-hydrogen) atoms. The smallest absolute Gasteiger partial charge is 0.305 e. The van der Waals surface area contributed by atoms with Crippen LogP contribution < -0.4 is 0 Å². The van der Waals surface area contributed by atoms with E-state index >= 15 is 0 Å². The van der Waals surface area contributed by atoms with E-state index in [1.54, 1.807) is 25.7 Å². The van der Waals surface area contributed by atoms with Crippen molar-refractivity contribution < 1.29 is 9.53 Å². The van der Waals surface area contributed by atoms with Crippen LogP contribution in [0.4, 0.5) is 0 Å². The number of unbranched alkanes of at least 4 members (excludes halogenated alkanes) is 2. The topological polar surface area (TPSA) is 26.3 Å². The highest BCUT2D eigenvalue weighted by Gasteiger charge is 2.50. The lowest BCUT2D eigenvalue weighted by Crippen LogP contribution is -1.99. The summed E-state index contributed by atoms with van der Waals surface area (Å²) in [4.78, 5) is 11.2. The molecule has 0 spiro atoms. The number of hydrogen-bond acceptors (Lipinski definition) is 2. The summed E-state index contributed by atoms with van der Waals surface area (Å²) in [6, 6.07) is 0. The van der Waals surface area contributed by atoms with E-state index in [0.717, 1.165) is 53.8 Å². The van der Waals surface area contributed by atoms with Crippen molar-refractivity contribution in [2.75, 3.05) is 7.11 Å². The summed E-state index contributed by atoms with van der Waals surface area (Å²) in [5.41, 5.74) is 0. The maximum Gasteiger partial charge on any atom is 0.305 e. The lowest BCUT2D eigenvalue weighted by Gasteiger charge is -2.02. The van der Waals surface area contributed by atoms with Gasteiger partial charge in [-0.1, -0.05) is 32.6 Å². The molecule has 0 aliphatic heterocycles. The molecule has 4 fully saturated rings. The third-order valence-corrected chi connectivity index (χ3v) is 8.45. The number of esters is 1. The predicted molar refractivity (Wildman–Crippen MR) is 110 cm³/mol. The molecule has 0 aromatic rings. The molecule has 4 aliphatic rings. The molecule has 8 atom stereocenters. The Kier molecular flexibility index (Phi) is 6.49. The van der Waals surface area contributed by atoms with E-state index in [2.05, 4.69) is 6.92 Å². The van der Waals surface area contributed by atoms with Crippen LogP contribution in [0.3, 0.4) is 0 Å². The molecule has 4 rings (SSSR count). The van der Waals surface area contributed by atoms with Crippen molar-refractivity contribution in [3.63, 3.8) is 0 Å². The Labute approximate surface area is 167 Å². The molecule has 0 amide bonds. The van der Waals surface area contributed by atoms with E-state index in [1.165, 1.54) is 58.5 Å². The van der Waals surface area contributed by atoms with Crippen molar-refractivity contribution in [3.8, 4) is 0 Å². The second kappa shape index (κ2) is 8.87. The minimum Gasteiger partial charge on any atom is -0.469 e. The largest absolute Gasteiger partial charge is 0.469 e. The van der Waals surface area contributed by atoms with Gasteiger partial charge in [-0.15, -0.1) is 0 Å². The molecular formula is C25H42O2. The summed E-state index contributed by atoms with van der Waals surface area (Å²) < 4.78 is 4.74. The Bertz CT molecular complexity index is 501. The first-order valence-corrected chi connectivity index (χ1v) is 12.2. The maximum absolute atomic E-state index is 11.2. The molecule has 0 aromatic heterocycles. The van der Waals surface area contributed by atoms with Gasteiger partial charge < -0.3 is 4.74 Å². The number of carbonyl (C=O) groups excluding carboxylic acids is 1. The lowest BCUT2D eigenvalue weighted by molar-refractivity contribution is -0.140. The van der Waals surface area contributed by atoms with Crippen LogP contribution in [-0.4, -0.2) is 13.1 Å². The zero-order valence-electron chi connectivity index (χ0n) is 17.8. The molecule has 4 aliphatic carbocycles. The van der Waals surface area contributed by atoms with Crippen LogP contribution in [-0.2, 0) is 9.53 Å². The molecule has 0 bridgehead atoms. The van der Waals surface area contributed by atoms with Crippen LogP contribution in [0, 0.1) is 47.3 Å². The van der Waals surface area contributed by atoms with E-state index in [4.69, 9.17) is 4.74 Å². The molecule has 2 heteroatoms. The van der Waals surface area contributed by atoms with Crippen LogP contribution in [0.5, 0.6) is 0 Å². The molecule has 0 saturated heterocycles. The minimum atomic E-state index is -0.0353. The molecule has 0 N–H and O–H groups in total. The van der Waals surface area contributed by atoms with Crippen LogP contribution >= 0.6 is 0 Å². The van der Waals surface area contributed by atoms with Crippen LogP contribution in [0.25, 0.3) is 0 Å². The first-order chi connectivity index (χ1) is 13.2. The SMILES string of the molecule is CCCCCC1CC1CC1CC1CC1CC1CC1CC1CCCC(=O)OC. The second-order valence-corrected chi connectivity index (χ2v) is 10.7. The quantitative estimate of drug-likeness (QED) is 0.252. The van der Waals surface area contributed by atoms with Crippen molar-refractivity contribution in [1.82, 2.24) is 0 Å². The highest BCUT2D eigenvalue weighted by molar-refractivity contribution is 5.68.